The Balaban J connectivity index is 1.74. The van der Waals surface area contributed by atoms with E-state index in [4.69, 9.17) is 9.47 Å². The first-order chi connectivity index (χ1) is 12.3. The number of benzene rings is 2. The minimum Gasteiger partial charge on any atom is -0.448 e. The Morgan fingerprint density at radius 3 is 2.28 bits per heavy atom. The summed E-state index contributed by atoms with van der Waals surface area (Å²) in [6.07, 6.45) is 1.36. The summed E-state index contributed by atoms with van der Waals surface area (Å²) in [5.74, 6) is 0.0735. The van der Waals surface area contributed by atoms with Gasteiger partial charge in [-0.1, -0.05) is 54.6 Å². The normalized spacial score (nSPS) is 12.4. The molecular formula is C21H23NO3. The molecule has 4 nitrogen and oxygen atoms in total. The molecule has 0 unspecified atom stereocenters. The third-order valence-corrected chi connectivity index (χ3v) is 4.51. The van der Waals surface area contributed by atoms with Gasteiger partial charge in [0.05, 0.1) is 6.61 Å². The van der Waals surface area contributed by atoms with Crippen molar-refractivity contribution in [3.8, 4) is 11.1 Å². The van der Waals surface area contributed by atoms with Crippen LogP contribution in [0.15, 0.2) is 61.2 Å². The van der Waals surface area contributed by atoms with Crippen molar-refractivity contribution in [1.29, 1.82) is 0 Å². The van der Waals surface area contributed by atoms with Gasteiger partial charge in [-0.25, -0.2) is 4.79 Å². The maximum absolute atomic E-state index is 12.4. The molecule has 0 heterocycles. The zero-order valence-electron chi connectivity index (χ0n) is 14.5. The van der Waals surface area contributed by atoms with Crippen LogP contribution in [0.2, 0.25) is 0 Å². The van der Waals surface area contributed by atoms with Crippen molar-refractivity contribution in [2.75, 3.05) is 33.4 Å². The first-order valence-corrected chi connectivity index (χ1v) is 8.46. The van der Waals surface area contributed by atoms with Crippen LogP contribution in [-0.2, 0) is 9.47 Å². The lowest BCUT2D eigenvalue weighted by Gasteiger charge is -2.22. The Morgan fingerprint density at radius 2 is 1.72 bits per heavy atom. The SMILES string of the molecule is C=CCN(CCOC)C(=O)OCC1c2ccccc2-c2ccccc21. The quantitative estimate of drug-likeness (QED) is 0.715. The highest BCUT2D eigenvalue weighted by atomic mass is 16.6. The topological polar surface area (TPSA) is 38.8 Å². The second kappa shape index (κ2) is 7.99. The fourth-order valence-corrected chi connectivity index (χ4v) is 3.30. The Bertz CT molecular complexity index is 711. The first kappa shape index (κ1) is 17.2. The summed E-state index contributed by atoms with van der Waals surface area (Å²) in [4.78, 5) is 14.0. The lowest BCUT2D eigenvalue weighted by molar-refractivity contribution is 0.0898. The number of amides is 1. The van der Waals surface area contributed by atoms with Gasteiger partial charge in [-0.2, -0.15) is 0 Å². The van der Waals surface area contributed by atoms with Gasteiger partial charge < -0.3 is 14.4 Å². The molecule has 0 saturated heterocycles. The number of rotatable bonds is 7. The van der Waals surface area contributed by atoms with Gasteiger partial charge in [0.1, 0.15) is 6.61 Å². The predicted octanol–water partition coefficient (Wildman–Crippen LogP) is 4.07. The molecule has 1 aliphatic rings. The largest absolute Gasteiger partial charge is 0.448 e. The van der Waals surface area contributed by atoms with E-state index in [0.29, 0.717) is 26.3 Å². The van der Waals surface area contributed by atoms with Gasteiger partial charge in [0, 0.05) is 26.1 Å². The standard InChI is InChI=1S/C21H23NO3/c1-3-12-22(13-14-24-2)21(23)25-15-20-18-10-6-4-8-16(18)17-9-5-7-11-19(17)20/h3-11,20H,1,12-15H2,2H3. The number of fused-ring (bicyclic) bond motifs is 3. The van der Waals surface area contributed by atoms with Gasteiger partial charge in [0.15, 0.2) is 0 Å². The summed E-state index contributed by atoms with van der Waals surface area (Å²) >= 11 is 0. The van der Waals surface area contributed by atoms with Crippen molar-refractivity contribution in [3.63, 3.8) is 0 Å². The van der Waals surface area contributed by atoms with Crippen LogP contribution in [0, 0.1) is 0 Å². The smallest absolute Gasteiger partial charge is 0.410 e. The number of ether oxygens (including phenoxy) is 2. The molecular weight excluding hydrogens is 314 g/mol. The Hall–Kier alpha value is -2.59. The monoisotopic (exact) mass is 337 g/mol. The highest BCUT2D eigenvalue weighted by Crippen LogP contribution is 2.44. The molecule has 1 amide bonds. The number of methoxy groups -OCH3 is 1. The van der Waals surface area contributed by atoms with Crippen molar-refractivity contribution >= 4 is 6.09 Å². The molecule has 25 heavy (non-hydrogen) atoms. The van der Waals surface area contributed by atoms with Crippen LogP contribution in [0.5, 0.6) is 0 Å². The number of carbonyl (C=O) groups excluding carboxylic acids is 1. The first-order valence-electron chi connectivity index (χ1n) is 8.46. The van der Waals surface area contributed by atoms with Crippen LogP contribution in [0.25, 0.3) is 11.1 Å². The van der Waals surface area contributed by atoms with Crippen LogP contribution in [0.1, 0.15) is 17.0 Å². The highest BCUT2D eigenvalue weighted by molar-refractivity contribution is 5.79. The minimum absolute atomic E-state index is 0.0735. The van der Waals surface area contributed by atoms with E-state index in [1.165, 1.54) is 22.3 Å². The Morgan fingerprint density at radius 1 is 1.12 bits per heavy atom. The van der Waals surface area contributed by atoms with E-state index >= 15 is 0 Å². The molecule has 0 spiro atoms. The summed E-state index contributed by atoms with van der Waals surface area (Å²) in [7, 11) is 1.61. The molecule has 0 aliphatic heterocycles. The molecule has 2 aromatic rings. The Kier molecular flexibility index (Phi) is 5.51. The second-order valence-corrected chi connectivity index (χ2v) is 6.03. The van der Waals surface area contributed by atoms with Crippen LogP contribution < -0.4 is 0 Å². The van der Waals surface area contributed by atoms with Crippen LogP contribution in [-0.4, -0.2) is 44.4 Å². The number of hydrogen-bond acceptors (Lipinski definition) is 3. The molecule has 0 fully saturated rings. The van der Waals surface area contributed by atoms with E-state index in [9.17, 15) is 4.79 Å². The van der Waals surface area contributed by atoms with Crippen LogP contribution in [0.4, 0.5) is 4.79 Å². The van der Waals surface area contributed by atoms with Gasteiger partial charge >= 0.3 is 6.09 Å². The predicted molar refractivity (Wildman–Crippen MR) is 98.7 cm³/mol. The van der Waals surface area contributed by atoms with Crippen LogP contribution >= 0.6 is 0 Å². The molecule has 4 heteroatoms. The summed E-state index contributed by atoms with van der Waals surface area (Å²) in [5, 5.41) is 0. The third kappa shape index (κ3) is 3.59. The summed E-state index contributed by atoms with van der Waals surface area (Å²) < 4.78 is 10.7. The molecule has 1 aliphatic carbocycles. The molecule has 0 aromatic heterocycles. The molecule has 0 bridgehead atoms. The summed E-state index contributed by atoms with van der Waals surface area (Å²) in [6, 6.07) is 16.6. The maximum Gasteiger partial charge on any atom is 0.410 e. The lowest BCUT2D eigenvalue weighted by Crippen LogP contribution is -2.35. The van der Waals surface area contributed by atoms with Gasteiger partial charge in [0.25, 0.3) is 0 Å². The maximum atomic E-state index is 12.4. The van der Waals surface area contributed by atoms with Gasteiger partial charge in [0.2, 0.25) is 0 Å². The van der Waals surface area contributed by atoms with E-state index in [0.717, 1.165) is 0 Å². The Labute approximate surface area is 148 Å². The van der Waals surface area contributed by atoms with Gasteiger partial charge in [-0.05, 0) is 22.3 Å². The molecule has 0 saturated carbocycles. The third-order valence-electron chi connectivity index (χ3n) is 4.51. The van der Waals surface area contributed by atoms with Crippen molar-refractivity contribution in [3.05, 3.63) is 72.3 Å². The molecule has 0 atom stereocenters. The van der Waals surface area contributed by atoms with Gasteiger partial charge in [-0.3, -0.25) is 0 Å². The number of nitrogens with zero attached hydrogens (tertiary/aromatic N) is 1. The zero-order valence-corrected chi connectivity index (χ0v) is 14.5. The minimum atomic E-state index is -0.334. The van der Waals surface area contributed by atoms with Crippen molar-refractivity contribution in [2.24, 2.45) is 0 Å². The van der Waals surface area contributed by atoms with Crippen molar-refractivity contribution in [2.45, 2.75) is 5.92 Å². The number of carbonyl (C=O) groups is 1. The molecule has 130 valence electrons. The van der Waals surface area contributed by atoms with E-state index in [1.54, 1.807) is 18.1 Å². The van der Waals surface area contributed by atoms with E-state index in [-0.39, 0.29) is 12.0 Å². The fraction of sp³-hybridized carbons (Fsp3) is 0.286. The summed E-state index contributed by atoms with van der Waals surface area (Å²) in [6.45, 7) is 5.42. The van der Waals surface area contributed by atoms with E-state index in [2.05, 4.69) is 30.8 Å². The molecule has 0 N–H and O–H groups in total. The molecule has 2 aromatic carbocycles. The number of hydrogen-bond donors (Lipinski definition) is 0. The van der Waals surface area contributed by atoms with E-state index in [1.807, 2.05) is 24.3 Å². The van der Waals surface area contributed by atoms with Gasteiger partial charge in [-0.15, -0.1) is 6.58 Å². The van der Waals surface area contributed by atoms with Crippen molar-refractivity contribution < 1.29 is 14.3 Å². The lowest BCUT2D eigenvalue weighted by atomic mass is 9.98. The molecule has 3 rings (SSSR count). The average molecular weight is 337 g/mol. The highest BCUT2D eigenvalue weighted by Gasteiger charge is 2.29. The second-order valence-electron chi connectivity index (χ2n) is 6.03. The fourth-order valence-electron chi connectivity index (χ4n) is 3.30. The average Bonchev–Trinajstić information content (AvgIpc) is 2.97. The van der Waals surface area contributed by atoms with Crippen molar-refractivity contribution in [1.82, 2.24) is 4.90 Å². The summed E-state index contributed by atoms with van der Waals surface area (Å²) in [5.41, 5.74) is 4.87. The zero-order chi connectivity index (χ0) is 17.6. The van der Waals surface area contributed by atoms with Crippen LogP contribution in [0.3, 0.4) is 0 Å². The molecule has 0 radical (unpaired) electrons. The van der Waals surface area contributed by atoms with E-state index < -0.39 is 0 Å².